The average molecular weight is 146 g/mol. The molecule has 0 radical (unpaired) electrons. The van der Waals surface area contributed by atoms with Crippen LogP contribution < -0.4 is 16.4 Å². The lowest BCUT2D eigenvalue weighted by atomic mass is 10.5. The number of rotatable bonds is 2. The first-order valence-corrected chi connectivity index (χ1v) is 2.62. The molecule has 0 aromatic rings. The van der Waals surface area contributed by atoms with Crippen molar-refractivity contribution in [2.24, 2.45) is 5.73 Å². The summed E-state index contributed by atoms with van der Waals surface area (Å²) in [7, 11) is 0. The normalized spacial score (nSPS) is 11.7. The Morgan fingerprint density at radius 1 is 1.70 bits per heavy atom. The topological polar surface area (TPSA) is 111 Å². The Balaban J connectivity index is 3.53. The third-order valence-electron chi connectivity index (χ3n) is 0.712. The molecule has 0 aliphatic rings. The Morgan fingerprint density at radius 3 is 2.50 bits per heavy atom. The van der Waals surface area contributed by atoms with Crippen LogP contribution >= 0.6 is 0 Å². The van der Waals surface area contributed by atoms with Crippen LogP contribution in [-0.2, 0) is 0 Å². The van der Waals surface area contributed by atoms with Gasteiger partial charge in [-0.05, 0) is 6.92 Å². The molecule has 0 fully saturated rings. The lowest BCUT2D eigenvalue weighted by molar-refractivity contribution is 0.190. The third-order valence-corrected chi connectivity index (χ3v) is 0.712. The maximum Gasteiger partial charge on any atom is 0.406 e. The molecule has 0 aromatic carbocycles. The van der Waals surface area contributed by atoms with Crippen molar-refractivity contribution >= 4 is 12.1 Å². The van der Waals surface area contributed by atoms with Crippen LogP contribution in [0.4, 0.5) is 4.79 Å². The molecular formula is C4H10N4O2. The fourth-order valence-corrected chi connectivity index (χ4v) is 0.455. The van der Waals surface area contributed by atoms with Crippen LogP contribution in [0.25, 0.3) is 0 Å². The van der Waals surface area contributed by atoms with Gasteiger partial charge in [0.2, 0.25) is 0 Å². The summed E-state index contributed by atoms with van der Waals surface area (Å²) in [6.45, 7) is 1.54. The lowest BCUT2D eigenvalue weighted by Crippen LogP contribution is -2.47. The van der Waals surface area contributed by atoms with E-state index in [1.54, 1.807) is 0 Å². The van der Waals surface area contributed by atoms with Gasteiger partial charge in [0.05, 0.1) is 0 Å². The number of amides is 1. The molecule has 10 heavy (non-hydrogen) atoms. The number of hydrogen-bond acceptors (Lipinski definition) is 2. The van der Waals surface area contributed by atoms with E-state index < -0.39 is 12.3 Å². The zero-order chi connectivity index (χ0) is 8.15. The monoisotopic (exact) mass is 146 g/mol. The van der Waals surface area contributed by atoms with E-state index in [9.17, 15) is 4.79 Å². The highest BCUT2D eigenvalue weighted by Crippen LogP contribution is 1.71. The quantitative estimate of drug-likeness (QED) is 0.197. The smallest absolute Gasteiger partial charge is 0.406 e. The molecule has 0 saturated heterocycles. The fourth-order valence-electron chi connectivity index (χ4n) is 0.455. The third kappa shape index (κ3) is 4.69. The van der Waals surface area contributed by atoms with Crippen molar-refractivity contribution in [3.8, 4) is 0 Å². The van der Waals surface area contributed by atoms with Gasteiger partial charge >= 0.3 is 6.09 Å². The number of guanidine groups is 1. The Bertz CT molecular complexity index is 130. The first kappa shape index (κ1) is 8.54. The molecule has 1 amide bonds. The first-order valence-electron chi connectivity index (χ1n) is 2.62. The number of carboxylic acid groups (broad SMARTS) is 1. The average Bonchev–Trinajstić information content (AvgIpc) is 1.58. The highest BCUT2D eigenvalue weighted by atomic mass is 16.4. The molecule has 1 unspecified atom stereocenters. The van der Waals surface area contributed by atoms with Crippen molar-refractivity contribution in [2.45, 2.75) is 13.1 Å². The van der Waals surface area contributed by atoms with E-state index >= 15 is 0 Å². The summed E-state index contributed by atoms with van der Waals surface area (Å²) in [6.07, 6.45) is -1.68. The van der Waals surface area contributed by atoms with Crippen LogP contribution in [0.2, 0.25) is 0 Å². The minimum absolute atomic E-state index is 0.263. The second-order valence-corrected chi connectivity index (χ2v) is 1.73. The number of carbonyl (C=O) groups is 1. The van der Waals surface area contributed by atoms with Gasteiger partial charge in [0.15, 0.2) is 5.96 Å². The van der Waals surface area contributed by atoms with Gasteiger partial charge in [0, 0.05) is 0 Å². The second kappa shape index (κ2) is 3.54. The van der Waals surface area contributed by atoms with Crippen molar-refractivity contribution in [1.29, 1.82) is 5.41 Å². The minimum atomic E-state index is -1.15. The fraction of sp³-hybridized carbons (Fsp3) is 0.500. The van der Waals surface area contributed by atoms with Gasteiger partial charge in [-0.3, -0.25) is 5.41 Å². The van der Waals surface area contributed by atoms with Gasteiger partial charge in [-0.15, -0.1) is 0 Å². The molecule has 1 atom stereocenters. The van der Waals surface area contributed by atoms with Gasteiger partial charge in [-0.1, -0.05) is 0 Å². The van der Waals surface area contributed by atoms with Gasteiger partial charge in [-0.2, -0.15) is 0 Å². The summed E-state index contributed by atoms with van der Waals surface area (Å²) in [4.78, 5) is 9.93. The molecule has 0 rings (SSSR count). The van der Waals surface area contributed by atoms with Crippen LogP contribution in [0.15, 0.2) is 0 Å². The van der Waals surface area contributed by atoms with Crippen molar-refractivity contribution in [3.05, 3.63) is 0 Å². The van der Waals surface area contributed by atoms with Crippen LogP contribution in [0.1, 0.15) is 6.92 Å². The summed E-state index contributed by atoms with van der Waals surface area (Å²) in [6, 6.07) is 0. The van der Waals surface area contributed by atoms with E-state index in [1.807, 2.05) is 0 Å². The Labute approximate surface area is 57.9 Å². The summed E-state index contributed by atoms with van der Waals surface area (Å²) in [5.74, 6) is -0.263. The van der Waals surface area contributed by atoms with E-state index in [2.05, 4.69) is 10.6 Å². The van der Waals surface area contributed by atoms with E-state index in [1.165, 1.54) is 6.92 Å². The number of hydrogen-bond donors (Lipinski definition) is 5. The van der Waals surface area contributed by atoms with Gasteiger partial charge < -0.3 is 21.5 Å². The molecule has 6 nitrogen and oxygen atoms in total. The highest BCUT2D eigenvalue weighted by molar-refractivity contribution is 5.75. The van der Waals surface area contributed by atoms with Crippen molar-refractivity contribution in [2.75, 3.05) is 0 Å². The minimum Gasteiger partial charge on any atom is -0.465 e. The van der Waals surface area contributed by atoms with Gasteiger partial charge in [0.1, 0.15) is 6.17 Å². The Morgan fingerprint density at radius 2 is 2.20 bits per heavy atom. The van der Waals surface area contributed by atoms with Crippen LogP contribution in [-0.4, -0.2) is 23.3 Å². The first-order chi connectivity index (χ1) is 4.52. The Kier molecular flexibility index (Phi) is 3.03. The maximum atomic E-state index is 9.93. The summed E-state index contributed by atoms with van der Waals surface area (Å²) >= 11 is 0. The van der Waals surface area contributed by atoms with Crippen LogP contribution in [0.5, 0.6) is 0 Å². The SMILES string of the molecule is CC(NC(=N)N)NC(=O)O. The highest BCUT2D eigenvalue weighted by Gasteiger charge is 2.02. The van der Waals surface area contributed by atoms with Crippen LogP contribution in [0, 0.1) is 5.41 Å². The van der Waals surface area contributed by atoms with Crippen molar-refractivity contribution in [1.82, 2.24) is 10.6 Å². The second-order valence-electron chi connectivity index (χ2n) is 1.73. The maximum absolute atomic E-state index is 9.93. The number of nitrogens with two attached hydrogens (primary N) is 1. The van der Waals surface area contributed by atoms with Crippen LogP contribution in [0.3, 0.4) is 0 Å². The van der Waals surface area contributed by atoms with E-state index in [-0.39, 0.29) is 5.96 Å². The van der Waals surface area contributed by atoms with Gasteiger partial charge in [-0.25, -0.2) is 4.79 Å². The molecule has 6 N–H and O–H groups in total. The molecule has 6 heteroatoms. The van der Waals surface area contributed by atoms with Crippen molar-refractivity contribution < 1.29 is 9.90 Å². The summed E-state index contributed by atoms with van der Waals surface area (Å²) in [5.41, 5.74) is 4.91. The molecular weight excluding hydrogens is 136 g/mol. The van der Waals surface area contributed by atoms with Crippen molar-refractivity contribution in [3.63, 3.8) is 0 Å². The predicted octanol–water partition coefficient (Wildman–Crippen LogP) is -0.917. The largest absolute Gasteiger partial charge is 0.465 e. The van der Waals surface area contributed by atoms with E-state index in [4.69, 9.17) is 16.2 Å². The standard InChI is InChI=1S/C4H10N4O2/c1-2(7-3(5)6)8-4(9)10/h2,8H,1H3,(H,9,10)(H4,5,6,7). The molecule has 58 valence electrons. The van der Waals surface area contributed by atoms with E-state index in [0.717, 1.165) is 0 Å². The molecule has 0 aliphatic carbocycles. The lowest BCUT2D eigenvalue weighted by Gasteiger charge is -2.12. The molecule has 0 spiro atoms. The summed E-state index contributed by atoms with van der Waals surface area (Å²) in [5, 5.41) is 19.2. The Hall–Kier alpha value is -1.46. The molecule has 0 bridgehead atoms. The molecule has 0 aromatic heterocycles. The zero-order valence-corrected chi connectivity index (χ0v) is 5.51. The molecule has 0 aliphatic heterocycles. The van der Waals surface area contributed by atoms with E-state index in [0.29, 0.717) is 0 Å². The summed E-state index contributed by atoms with van der Waals surface area (Å²) < 4.78 is 0. The zero-order valence-electron chi connectivity index (χ0n) is 5.51. The number of nitrogens with one attached hydrogen (secondary N) is 3. The van der Waals surface area contributed by atoms with Gasteiger partial charge in [0.25, 0.3) is 0 Å². The predicted molar refractivity (Wildman–Crippen MR) is 35.7 cm³/mol. The molecule has 0 heterocycles. The molecule has 0 saturated carbocycles.